The minimum Gasteiger partial charge on any atom is -0.329 e. The van der Waals surface area contributed by atoms with Crippen LogP contribution in [-0.4, -0.2) is 18.0 Å². The van der Waals surface area contributed by atoms with Gasteiger partial charge in [-0.15, -0.1) is 0 Å². The number of rotatable bonds is 4. The number of hydrogen-bond acceptors (Lipinski definition) is 3. The van der Waals surface area contributed by atoms with E-state index in [9.17, 15) is 8.42 Å². The molecule has 0 spiro atoms. The minimum atomic E-state index is -3.80. The zero-order valence-electron chi connectivity index (χ0n) is 11.0. The van der Waals surface area contributed by atoms with Gasteiger partial charge in [0.2, 0.25) is 0 Å². The number of halogens is 2. The van der Waals surface area contributed by atoms with Gasteiger partial charge in [0.05, 0.1) is 0 Å². The molecule has 0 fully saturated rings. The van der Waals surface area contributed by atoms with Crippen LogP contribution in [0, 0.1) is 0 Å². The average Bonchev–Trinajstić information content (AvgIpc) is 2.76. The Labute approximate surface area is 131 Å². The van der Waals surface area contributed by atoms with Gasteiger partial charge in [-0.2, -0.15) is 0 Å². The van der Waals surface area contributed by atoms with Crippen molar-refractivity contribution in [1.82, 2.24) is 9.55 Å². The van der Waals surface area contributed by atoms with Crippen LogP contribution in [0.25, 0.3) is 0 Å². The Morgan fingerprint density at radius 3 is 2.40 bits per heavy atom. The fourth-order valence-electron chi connectivity index (χ4n) is 1.90. The molecule has 0 unspecified atom stereocenters. The molecule has 2 aromatic rings. The van der Waals surface area contributed by atoms with Gasteiger partial charge in [-0.1, -0.05) is 41.9 Å². The van der Waals surface area contributed by atoms with Crippen molar-refractivity contribution in [2.24, 2.45) is 0 Å². The predicted octanol–water partition coefficient (Wildman–Crippen LogP) is 3.74. The molecule has 1 aromatic heterocycles. The fraction of sp³-hybridized carbons (Fsp3) is 0.308. The molecule has 0 radical (unpaired) electrons. The highest BCUT2D eigenvalue weighted by atomic mass is 79.9. The third-order valence-corrected chi connectivity index (χ3v) is 4.52. The summed E-state index contributed by atoms with van der Waals surface area (Å²) in [6, 6.07) is 7.84. The van der Waals surface area contributed by atoms with E-state index in [1.165, 1.54) is 6.20 Å². The molecule has 0 atom stereocenters. The summed E-state index contributed by atoms with van der Waals surface area (Å²) in [4.78, 5) is 4.13. The first-order valence-corrected chi connectivity index (χ1v) is 9.14. The Balaban J connectivity index is 2.40. The van der Waals surface area contributed by atoms with E-state index in [2.05, 4.69) is 20.9 Å². The van der Waals surface area contributed by atoms with Crippen molar-refractivity contribution >= 4 is 35.7 Å². The largest absolute Gasteiger partial charge is 0.329 e. The number of hydrogen-bond donors (Lipinski definition) is 0. The van der Waals surface area contributed by atoms with E-state index in [1.54, 1.807) is 0 Å². The standard InChI is InChI=1S/C13H14BrClN2O2S/c1-9(2)13-16-12(20(15,18)19)8-17(13)7-10-3-5-11(14)6-4-10/h3-6,8-9H,7H2,1-2H3. The third-order valence-electron chi connectivity index (χ3n) is 2.82. The normalized spacial score (nSPS) is 12.1. The molecular formula is C13H14BrClN2O2S. The van der Waals surface area contributed by atoms with E-state index >= 15 is 0 Å². The summed E-state index contributed by atoms with van der Waals surface area (Å²) in [5.41, 5.74) is 1.06. The fourth-order valence-corrected chi connectivity index (χ4v) is 2.84. The molecule has 1 aromatic carbocycles. The van der Waals surface area contributed by atoms with Crippen molar-refractivity contribution in [3.63, 3.8) is 0 Å². The summed E-state index contributed by atoms with van der Waals surface area (Å²) in [5, 5.41) is -0.0972. The number of benzene rings is 1. The van der Waals surface area contributed by atoms with Crippen LogP contribution in [0.4, 0.5) is 0 Å². The molecule has 0 aliphatic rings. The van der Waals surface area contributed by atoms with Crippen molar-refractivity contribution in [2.45, 2.75) is 31.3 Å². The van der Waals surface area contributed by atoms with Gasteiger partial charge in [0, 0.05) is 33.8 Å². The summed E-state index contributed by atoms with van der Waals surface area (Å²) < 4.78 is 25.6. The molecule has 2 rings (SSSR count). The second-order valence-electron chi connectivity index (χ2n) is 4.78. The van der Waals surface area contributed by atoms with E-state index in [1.807, 2.05) is 42.7 Å². The van der Waals surface area contributed by atoms with Crippen molar-refractivity contribution in [1.29, 1.82) is 0 Å². The lowest BCUT2D eigenvalue weighted by Gasteiger charge is -2.10. The van der Waals surface area contributed by atoms with Crippen LogP contribution in [0.1, 0.15) is 31.2 Å². The van der Waals surface area contributed by atoms with Crippen LogP contribution < -0.4 is 0 Å². The van der Waals surface area contributed by atoms with Gasteiger partial charge in [0.15, 0.2) is 5.03 Å². The SMILES string of the molecule is CC(C)c1nc(S(=O)(=O)Cl)cn1Cc1ccc(Br)cc1. The molecule has 0 amide bonds. The van der Waals surface area contributed by atoms with Crippen LogP contribution in [0.15, 0.2) is 40.0 Å². The lowest BCUT2D eigenvalue weighted by molar-refractivity contribution is 0.606. The van der Waals surface area contributed by atoms with Crippen LogP contribution >= 0.6 is 26.6 Å². The van der Waals surface area contributed by atoms with E-state index < -0.39 is 9.05 Å². The topological polar surface area (TPSA) is 52.0 Å². The van der Waals surface area contributed by atoms with Gasteiger partial charge < -0.3 is 4.57 Å². The predicted molar refractivity (Wildman–Crippen MR) is 82.6 cm³/mol. The van der Waals surface area contributed by atoms with E-state index in [4.69, 9.17) is 10.7 Å². The molecule has 4 nitrogen and oxygen atoms in total. The maximum atomic E-state index is 11.4. The van der Waals surface area contributed by atoms with Gasteiger partial charge in [-0.3, -0.25) is 0 Å². The first-order chi connectivity index (χ1) is 9.27. The van der Waals surface area contributed by atoms with Gasteiger partial charge in [0.25, 0.3) is 9.05 Å². The Hall–Kier alpha value is -0.850. The summed E-state index contributed by atoms with van der Waals surface area (Å²) in [6.07, 6.45) is 1.49. The second-order valence-corrected chi connectivity index (χ2v) is 8.21. The molecule has 0 saturated carbocycles. The van der Waals surface area contributed by atoms with Crippen molar-refractivity contribution < 1.29 is 8.42 Å². The van der Waals surface area contributed by atoms with Crippen molar-refractivity contribution in [3.8, 4) is 0 Å². The van der Waals surface area contributed by atoms with Crippen molar-refractivity contribution in [3.05, 3.63) is 46.3 Å². The van der Waals surface area contributed by atoms with Gasteiger partial charge in [0.1, 0.15) is 5.82 Å². The van der Waals surface area contributed by atoms with E-state index in [-0.39, 0.29) is 10.9 Å². The molecule has 0 saturated heterocycles. The quantitative estimate of drug-likeness (QED) is 0.763. The minimum absolute atomic E-state index is 0.0972. The lowest BCUT2D eigenvalue weighted by atomic mass is 10.2. The Morgan fingerprint density at radius 2 is 1.90 bits per heavy atom. The Bertz CT molecular complexity index is 708. The summed E-state index contributed by atoms with van der Waals surface area (Å²) in [7, 11) is 1.56. The molecule has 0 N–H and O–H groups in total. The van der Waals surface area contributed by atoms with Crippen LogP contribution in [0.3, 0.4) is 0 Å². The van der Waals surface area contributed by atoms with E-state index in [0.29, 0.717) is 12.4 Å². The molecule has 0 bridgehead atoms. The number of imidazole rings is 1. The lowest BCUT2D eigenvalue weighted by Crippen LogP contribution is -2.05. The maximum Gasteiger partial charge on any atom is 0.280 e. The molecule has 108 valence electrons. The average molecular weight is 378 g/mol. The number of aromatic nitrogens is 2. The van der Waals surface area contributed by atoms with Crippen LogP contribution in [0.2, 0.25) is 0 Å². The summed E-state index contributed by atoms with van der Waals surface area (Å²) >= 11 is 3.38. The summed E-state index contributed by atoms with van der Waals surface area (Å²) in [6.45, 7) is 4.48. The molecule has 7 heteroatoms. The zero-order chi connectivity index (χ0) is 14.9. The van der Waals surface area contributed by atoms with E-state index in [0.717, 1.165) is 10.0 Å². The summed E-state index contributed by atoms with van der Waals surface area (Å²) in [5.74, 6) is 0.810. The molecule has 0 aliphatic heterocycles. The van der Waals surface area contributed by atoms with Crippen LogP contribution in [0.5, 0.6) is 0 Å². The first kappa shape index (κ1) is 15.5. The zero-order valence-corrected chi connectivity index (χ0v) is 14.2. The monoisotopic (exact) mass is 376 g/mol. The highest BCUT2D eigenvalue weighted by molar-refractivity contribution is 9.10. The molecule has 1 heterocycles. The Morgan fingerprint density at radius 1 is 1.30 bits per heavy atom. The highest BCUT2D eigenvalue weighted by Gasteiger charge is 2.19. The third kappa shape index (κ3) is 3.62. The highest BCUT2D eigenvalue weighted by Crippen LogP contribution is 2.21. The molecule has 20 heavy (non-hydrogen) atoms. The Kier molecular flexibility index (Phi) is 4.56. The van der Waals surface area contributed by atoms with Gasteiger partial charge in [-0.25, -0.2) is 13.4 Å². The molecule has 0 aliphatic carbocycles. The van der Waals surface area contributed by atoms with Gasteiger partial charge in [-0.05, 0) is 17.7 Å². The van der Waals surface area contributed by atoms with Gasteiger partial charge >= 0.3 is 0 Å². The first-order valence-electron chi connectivity index (χ1n) is 6.03. The smallest absolute Gasteiger partial charge is 0.280 e. The van der Waals surface area contributed by atoms with Crippen LogP contribution in [-0.2, 0) is 15.6 Å². The van der Waals surface area contributed by atoms with Crippen molar-refractivity contribution in [2.75, 3.05) is 0 Å². The maximum absolute atomic E-state index is 11.4. The molecular weight excluding hydrogens is 364 g/mol. The number of nitrogens with zero attached hydrogens (tertiary/aromatic N) is 2. The second kappa shape index (κ2) is 5.87.